The standard InChI is InChI=1S/C23H20Cl2N4/c1-15-11-17(12-19(24)21(15)25)14-27-23-28-20-10-6-5-9-18(20)22(29-23)26-13-16-7-3-2-4-8-16/h2-12H,13-14H2,1H3,(H2,26,27,28,29). The highest BCUT2D eigenvalue weighted by Gasteiger charge is 2.09. The van der Waals surface area contributed by atoms with Crippen molar-refractivity contribution in [2.45, 2.75) is 20.0 Å². The number of anilines is 2. The van der Waals surface area contributed by atoms with E-state index in [1.54, 1.807) is 0 Å². The molecule has 0 aliphatic rings. The van der Waals surface area contributed by atoms with Crippen LogP contribution in [0.25, 0.3) is 10.9 Å². The first-order valence-corrected chi connectivity index (χ1v) is 10.1. The van der Waals surface area contributed by atoms with E-state index in [2.05, 4.69) is 27.8 Å². The van der Waals surface area contributed by atoms with Crippen LogP contribution in [0.4, 0.5) is 11.8 Å². The van der Waals surface area contributed by atoms with Crippen molar-refractivity contribution in [3.63, 3.8) is 0 Å². The average molecular weight is 423 g/mol. The summed E-state index contributed by atoms with van der Waals surface area (Å²) in [6.45, 7) is 3.18. The number of hydrogen-bond acceptors (Lipinski definition) is 4. The molecule has 0 radical (unpaired) electrons. The van der Waals surface area contributed by atoms with Gasteiger partial charge in [0.2, 0.25) is 5.95 Å². The molecule has 1 aromatic heterocycles. The van der Waals surface area contributed by atoms with Gasteiger partial charge in [-0.05, 0) is 41.8 Å². The van der Waals surface area contributed by atoms with Gasteiger partial charge in [-0.1, -0.05) is 71.7 Å². The minimum atomic E-state index is 0.549. The second kappa shape index (κ2) is 8.68. The molecule has 0 saturated carbocycles. The van der Waals surface area contributed by atoms with Crippen molar-refractivity contribution in [2.75, 3.05) is 10.6 Å². The molecule has 6 heteroatoms. The van der Waals surface area contributed by atoms with E-state index in [4.69, 9.17) is 28.2 Å². The summed E-state index contributed by atoms with van der Waals surface area (Å²) in [5.74, 6) is 1.36. The van der Waals surface area contributed by atoms with Crippen molar-refractivity contribution in [1.29, 1.82) is 0 Å². The third-order valence-electron chi connectivity index (χ3n) is 4.63. The molecule has 0 bridgehead atoms. The number of hydrogen-bond donors (Lipinski definition) is 2. The zero-order valence-corrected chi connectivity index (χ0v) is 17.4. The zero-order chi connectivity index (χ0) is 20.2. The lowest BCUT2D eigenvalue weighted by Crippen LogP contribution is -2.08. The van der Waals surface area contributed by atoms with Crippen LogP contribution in [0.2, 0.25) is 10.0 Å². The number of aromatic nitrogens is 2. The number of nitrogens with zero attached hydrogens (tertiary/aromatic N) is 2. The molecule has 1 heterocycles. The van der Waals surface area contributed by atoms with Crippen molar-refractivity contribution in [1.82, 2.24) is 9.97 Å². The van der Waals surface area contributed by atoms with E-state index in [-0.39, 0.29) is 0 Å². The number of halogens is 2. The van der Waals surface area contributed by atoms with Crippen LogP contribution in [-0.4, -0.2) is 9.97 Å². The summed E-state index contributed by atoms with van der Waals surface area (Å²) in [5, 5.41) is 8.86. The maximum Gasteiger partial charge on any atom is 0.225 e. The molecular weight excluding hydrogens is 403 g/mol. The van der Waals surface area contributed by atoms with E-state index in [0.717, 1.165) is 27.8 Å². The van der Waals surface area contributed by atoms with E-state index < -0.39 is 0 Å². The smallest absolute Gasteiger partial charge is 0.225 e. The number of aryl methyl sites for hydroxylation is 1. The lowest BCUT2D eigenvalue weighted by Gasteiger charge is -2.13. The molecule has 4 rings (SSSR count). The van der Waals surface area contributed by atoms with Gasteiger partial charge >= 0.3 is 0 Å². The van der Waals surface area contributed by atoms with Crippen molar-refractivity contribution in [2.24, 2.45) is 0 Å². The second-order valence-corrected chi connectivity index (χ2v) is 7.60. The van der Waals surface area contributed by atoms with Crippen LogP contribution in [0, 0.1) is 6.92 Å². The molecule has 0 saturated heterocycles. The summed E-state index contributed by atoms with van der Waals surface area (Å²) in [6, 6.07) is 22.1. The highest BCUT2D eigenvalue weighted by atomic mass is 35.5. The maximum absolute atomic E-state index is 6.20. The minimum absolute atomic E-state index is 0.549. The van der Waals surface area contributed by atoms with Crippen LogP contribution in [0.3, 0.4) is 0 Å². The molecule has 3 aromatic carbocycles. The van der Waals surface area contributed by atoms with Gasteiger partial charge in [0.25, 0.3) is 0 Å². The summed E-state index contributed by atoms with van der Waals surface area (Å²) in [5.41, 5.74) is 4.04. The Hall–Kier alpha value is -2.82. The number of fused-ring (bicyclic) bond motifs is 1. The van der Waals surface area contributed by atoms with Crippen molar-refractivity contribution in [3.05, 3.63) is 93.5 Å². The molecule has 4 nitrogen and oxygen atoms in total. The molecule has 0 spiro atoms. The van der Waals surface area contributed by atoms with Gasteiger partial charge < -0.3 is 10.6 Å². The van der Waals surface area contributed by atoms with Gasteiger partial charge in [0.15, 0.2) is 0 Å². The second-order valence-electron chi connectivity index (χ2n) is 6.81. The Labute approximate surface area is 179 Å². The molecule has 146 valence electrons. The van der Waals surface area contributed by atoms with E-state index in [9.17, 15) is 0 Å². The molecule has 0 atom stereocenters. The van der Waals surface area contributed by atoms with E-state index >= 15 is 0 Å². The van der Waals surface area contributed by atoms with E-state index in [1.165, 1.54) is 5.56 Å². The Balaban J connectivity index is 1.58. The van der Waals surface area contributed by atoms with E-state index in [1.807, 2.05) is 61.5 Å². The summed E-state index contributed by atoms with van der Waals surface area (Å²) in [7, 11) is 0. The Morgan fingerprint density at radius 3 is 2.31 bits per heavy atom. The Bertz CT molecular complexity index is 1120. The highest BCUT2D eigenvalue weighted by molar-refractivity contribution is 6.42. The summed E-state index contributed by atoms with van der Waals surface area (Å²) < 4.78 is 0. The first-order valence-electron chi connectivity index (χ1n) is 9.33. The maximum atomic E-state index is 6.20. The third-order valence-corrected chi connectivity index (χ3v) is 5.52. The van der Waals surface area contributed by atoms with E-state index in [0.29, 0.717) is 29.1 Å². The van der Waals surface area contributed by atoms with Gasteiger partial charge in [-0.2, -0.15) is 4.98 Å². The van der Waals surface area contributed by atoms with Gasteiger partial charge in [0, 0.05) is 18.5 Å². The zero-order valence-electron chi connectivity index (χ0n) is 15.9. The predicted octanol–water partition coefficient (Wildman–Crippen LogP) is 6.47. The summed E-state index contributed by atoms with van der Waals surface area (Å²) in [6.07, 6.45) is 0. The number of benzene rings is 3. The van der Waals surface area contributed by atoms with Crippen molar-refractivity contribution >= 4 is 45.9 Å². The van der Waals surface area contributed by atoms with Crippen LogP contribution in [0.1, 0.15) is 16.7 Å². The van der Waals surface area contributed by atoms with Gasteiger partial charge in [0.05, 0.1) is 15.6 Å². The fourth-order valence-electron chi connectivity index (χ4n) is 3.15. The Morgan fingerprint density at radius 1 is 0.793 bits per heavy atom. The average Bonchev–Trinajstić information content (AvgIpc) is 2.75. The minimum Gasteiger partial charge on any atom is -0.365 e. The highest BCUT2D eigenvalue weighted by Crippen LogP contribution is 2.27. The normalized spacial score (nSPS) is 10.9. The molecular formula is C23H20Cl2N4. The molecule has 0 aliphatic heterocycles. The Morgan fingerprint density at radius 2 is 1.52 bits per heavy atom. The van der Waals surface area contributed by atoms with Crippen LogP contribution >= 0.6 is 23.2 Å². The van der Waals surface area contributed by atoms with Gasteiger partial charge in [-0.15, -0.1) is 0 Å². The first-order chi connectivity index (χ1) is 14.1. The fraction of sp³-hybridized carbons (Fsp3) is 0.130. The molecule has 4 aromatic rings. The molecule has 0 fully saturated rings. The predicted molar refractivity (Wildman–Crippen MR) is 122 cm³/mol. The van der Waals surface area contributed by atoms with Crippen LogP contribution < -0.4 is 10.6 Å². The van der Waals surface area contributed by atoms with Crippen LogP contribution in [0.5, 0.6) is 0 Å². The SMILES string of the molecule is Cc1cc(CNc2nc(NCc3ccccc3)c3ccccc3n2)cc(Cl)c1Cl. The third kappa shape index (κ3) is 4.61. The molecule has 0 aliphatic carbocycles. The van der Waals surface area contributed by atoms with Gasteiger partial charge in [-0.25, -0.2) is 4.98 Å². The number of para-hydroxylation sites is 1. The summed E-state index contributed by atoms with van der Waals surface area (Å²) >= 11 is 12.4. The molecule has 0 unspecified atom stereocenters. The largest absolute Gasteiger partial charge is 0.365 e. The van der Waals surface area contributed by atoms with Gasteiger partial charge in [0.1, 0.15) is 5.82 Å². The van der Waals surface area contributed by atoms with Gasteiger partial charge in [-0.3, -0.25) is 0 Å². The van der Waals surface area contributed by atoms with Crippen molar-refractivity contribution in [3.8, 4) is 0 Å². The van der Waals surface area contributed by atoms with Crippen molar-refractivity contribution < 1.29 is 0 Å². The molecule has 29 heavy (non-hydrogen) atoms. The lowest BCUT2D eigenvalue weighted by molar-refractivity contribution is 1.05. The molecule has 2 N–H and O–H groups in total. The monoisotopic (exact) mass is 422 g/mol. The number of rotatable bonds is 6. The number of nitrogens with one attached hydrogen (secondary N) is 2. The summed E-state index contributed by atoms with van der Waals surface area (Å²) in [4.78, 5) is 9.35. The fourth-order valence-corrected chi connectivity index (χ4v) is 3.55. The van der Waals surface area contributed by atoms with Crippen LogP contribution in [-0.2, 0) is 13.1 Å². The Kier molecular flexibility index (Phi) is 5.84. The first kappa shape index (κ1) is 19.5. The lowest BCUT2D eigenvalue weighted by atomic mass is 10.1. The topological polar surface area (TPSA) is 49.8 Å². The quantitative estimate of drug-likeness (QED) is 0.373. The molecule has 0 amide bonds. The van der Waals surface area contributed by atoms with Crippen LogP contribution in [0.15, 0.2) is 66.7 Å².